The number of para-hydroxylation sites is 1. The van der Waals surface area contributed by atoms with Crippen LogP contribution in [0.5, 0.6) is 5.75 Å². The van der Waals surface area contributed by atoms with E-state index >= 15 is 0 Å². The first kappa shape index (κ1) is 12.1. The molecule has 3 heteroatoms. The lowest BCUT2D eigenvalue weighted by Crippen LogP contribution is -1.97. The molecule has 3 rings (SSSR count). The molecule has 0 aliphatic rings. The first-order valence-corrected chi connectivity index (χ1v) is 7.06. The largest absolute Gasteiger partial charge is 0.489 e. The smallest absolute Gasteiger partial charge is 0.122 e. The maximum atomic E-state index is 6.05. The fourth-order valence-electron chi connectivity index (χ4n) is 2.16. The van der Waals surface area contributed by atoms with Gasteiger partial charge >= 0.3 is 0 Å². The highest BCUT2D eigenvalue weighted by atomic mass is 32.1. The van der Waals surface area contributed by atoms with Crippen molar-refractivity contribution in [2.45, 2.75) is 13.5 Å². The third-order valence-corrected chi connectivity index (χ3v) is 4.18. The number of hydrogen-bond donors (Lipinski definition) is 1. The monoisotopic (exact) mass is 269 g/mol. The molecule has 0 radical (unpaired) electrons. The van der Waals surface area contributed by atoms with Crippen molar-refractivity contribution >= 4 is 27.1 Å². The number of rotatable bonds is 3. The number of nitrogen functional groups attached to an aromatic ring is 1. The minimum atomic E-state index is 0.555. The third-order valence-electron chi connectivity index (χ3n) is 3.18. The van der Waals surface area contributed by atoms with Crippen molar-refractivity contribution in [1.82, 2.24) is 0 Å². The molecule has 2 nitrogen and oxygen atoms in total. The van der Waals surface area contributed by atoms with Gasteiger partial charge in [0.2, 0.25) is 0 Å². The zero-order valence-corrected chi connectivity index (χ0v) is 11.5. The number of nitrogens with two attached hydrogens (primary N) is 1. The van der Waals surface area contributed by atoms with Crippen LogP contribution in [-0.4, -0.2) is 0 Å². The van der Waals surface area contributed by atoms with E-state index in [1.165, 1.54) is 4.70 Å². The summed E-state index contributed by atoms with van der Waals surface area (Å²) in [5.41, 5.74) is 9.18. The molecule has 2 N–H and O–H groups in total. The Labute approximate surface area is 116 Å². The minimum Gasteiger partial charge on any atom is -0.489 e. The molecule has 0 atom stereocenters. The van der Waals surface area contributed by atoms with Gasteiger partial charge in [-0.15, -0.1) is 11.3 Å². The summed E-state index contributed by atoms with van der Waals surface area (Å²) in [6.45, 7) is 2.61. The Hall–Kier alpha value is -2.00. The van der Waals surface area contributed by atoms with E-state index in [0.29, 0.717) is 6.61 Å². The lowest BCUT2D eigenvalue weighted by atomic mass is 10.1. The predicted octanol–water partition coefficient (Wildman–Crippen LogP) is 4.37. The van der Waals surface area contributed by atoms with Crippen molar-refractivity contribution < 1.29 is 4.74 Å². The first-order valence-electron chi connectivity index (χ1n) is 6.18. The number of anilines is 1. The van der Waals surface area contributed by atoms with Crippen molar-refractivity contribution in [1.29, 1.82) is 0 Å². The third kappa shape index (κ3) is 2.29. The molecule has 19 heavy (non-hydrogen) atoms. The minimum absolute atomic E-state index is 0.555. The van der Waals surface area contributed by atoms with E-state index in [-0.39, 0.29) is 0 Å². The highest BCUT2D eigenvalue weighted by molar-refractivity contribution is 7.17. The molecule has 0 aliphatic carbocycles. The summed E-state index contributed by atoms with van der Waals surface area (Å²) in [4.78, 5) is 0. The number of aryl methyl sites for hydroxylation is 1. The zero-order valence-electron chi connectivity index (χ0n) is 10.7. The SMILES string of the molecule is Cc1ccccc1OCc1csc2cccc(N)c12. The van der Waals surface area contributed by atoms with Crippen LogP contribution in [0.3, 0.4) is 0 Å². The zero-order chi connectivity index (χ0) is 13.2. The van der Waals surface area contributed by atoms with Crippen LogP contribution in [0.25, 0.3) is 10.1 Å². The maximum Gasteiger partial charge on any atom is 0.122 e. The van der Waals surface area contributed by atoms with Crippen LogP contribution in [0.2, 0.25) is 0 Å². The number of benzene rings is 2. The van der Waals surface area contributed by atoms with Crippen LogP contribution in [0.1, 0.15) is 11.1 Å². The van der Waals surface area contributed by atoms with Gasteiger partial charge in [0, 0.05) is 21.3 Å². The fourth-order valence-corrected chi connectivity index (χ4v) is 3.14. The molecule has 96 valence electrons. The normalized spacial score (nSPS) is 10.8. The summed E-state index contributed by atoms with van der Waals surface area (Å²) >= 11 is 1.71. The van der Waals surface area contributed by atoms with Crippen LogP contribution in [0, 0.1) is 6.92 Å². The van der Waals surface area contributed by atoms with Gasteiger partial charge in [0.15, 0.2) is 0 Å². The molecule has 0 saturated carbocycles. The van der Waals surface area contributed by atoms with Crippen LogP contribution in [0.4, 0.5) is 5.69 Å². The van der Waals surface area contributed by atoms with Crippen LogP contribution in [0.15, 0.2) is 47.8 Å². The summed E-state index contributed by atoms with van der Waals surface area (Å²) in [7, 11) is 0. The van der Waals surface area contributed by atoms with E-state index in [1.54, 1.807) is 11.3 Å². The number of fused-ring (bicyclic) bond motifs is 1. The van der Waals surface area contributed by atoms with Crippen LogP contribution < -0.4 is 10.5 Å². The molecular formula is C16H15NOS. The Balaban J connectivity index is 1.89. The lowest BCUT2D eigenvalue weighted by Gasteiger charge is -2.08. The van der Waals surface area contributed by atoms with Crippen molar-refractivity contribution in [3.8, 4) is 5.75 Å². The van der Waals surface area contributed by atoms with Gasteiger partial charge in [0.05, 0.1) is 0 Å². The number of thiophene rings is 1. The highest BCUT2D eigenvalue weighted by Crippen LogP contribution is 2.31. The molecule has 0 aliphatic heterocycles. The Morgan fingerprint density at radius 3 is 2.79 bits per heavy atom. The van der Waals surface area contributed by atoms with Crippen LogP contribution in [-0.2, 0) is 6.61 Å². The summed E-state index contributed by atoms with van der Waals surface area (Å²) in [5, 5.41) is 3.25. The van der Waals surface area contributed by atoms with Gasteiger partial charge in [-0.1, -0.05) is 24.3 Å². The summed E-state index contributed by atoms with van der Waals surface area (Å²) in [6, 6.07) is 14.1. The van der Waals surface area contributed by atoms with E-state index in [9.17, 15) is 0 Å². The summed E-state index contributed by atoms with van der Waals surface area (Å²) < 4.78 is 7.11. The molecule has 0 saturated heterocycles. The average molecular weight is 269 g/mol. The Kier molecular flexibility index (Phi) is 3.13. The summed E-state index contributed by atoms with van der Waals surface area (Å²) in [6.07, 6.45) is 0. The van der Waals surface area contributed by atoms with Gasteiger partial charge < -0.3 is 10.5 Å². The molecule has 3 aromatic rings. The van der Waals surface area contributed by atoms with E-state index < -0.39 is 0 Å². The van der Waals surface area contributed by atoms with Gasteiger partial charge in [0.25, 0.3) is 0 Å². The van der Waals surface area contributed by atoms with E-state index in [4.69, 9.17) is 10.5 Å². The van der Waals surface area contributed by atoms with Crippen molar-refractivity contribution in [3.05, 3.63) is 59.0 Å². The molecule has 1 heterocycles. The molecule has 0 spiro atoms. The second kappa shape index (κ2) is 4.94. The van der Waals surface area contributed by atoms with Crippen molar-refractivity contribution in [2.75, 3.05) is 5.73 Å². The highest BCUT2D eigenvalue weighted by Gasteiger charge is 2.08. The van der Waals surface area contributed by atoms with Gasteiger partial charge in [0.1, 0.15) is 12.4 Å². The van der Waals surface area contributed by atoms with Crippen LogP contribution >= 0.6 is 11.3 Å². The molecule has 0 unspecified atom stereocenters. The number of ether oxygens (including phenoxy) is 1. The second-order valence-corrected chi connectivity index (χ2v) is 5.45. The van der Waals surface area contributed by atoms with Gasteiger partial charge in [-0.2, -0.15) is 0 Å². The average Bonchev–Trinajstić information content (AvgIpc) is 2.83. The Bertz CT molecular complexity index is 718. The van der Waals surface area contributed by atoms with Crippen molar-refractivity contribution in [3.63, 3.8) is 0 Å². The van der Waals surface area contributed by atoms with Gasteiger partial charge in [-0.3, -0.25) is 0 Å². The molecule has 2 aromatic carbocycles. The van der Waals surface area contributed by atoms with E-state index in [0.717, 1.165) is 28.0 Å². The van der Waals surface area contributed by atoms with Gasteiger partial charge in [-0.25, -0.2) is 0 Å². The van der Waals surface area contributed by atoms with E-state index in [2.05, 4.69) is 24.4 Å². The molecule has 0 bridgehead atoms. The van der Waals surface area contributed by atoms with Gasteiger partial charge in [-0.05, 0) is 36.1 Å². The summed E-state index contributed by atoms with van der Waals surface area (Å²) in [5.74, 6) is 0.927. The molecular weight excluding hydrogens is 254 g/mol. The lowest BCUT2D eigenvalue weighted by molar-refractivity contribution is 0.306. The first-order chi connectivity index (χ1) is 9.25. The quantitative estimate of drug-likeness (QED) is 0.716. The predicted molar refractivity (Wildman–Crippen MR) is 81.7 cm³/mol. The molecule has 1 aromatic heterocycles. The fraction of sp³-hybridized carbons (Fsp3) is 0.125. The second-order valence-electron chi connectivity index (χ2n) is 4.54. The topological polar surface area (TPSA) is 35.2 Å². The van der Waals surface area contributed by atoms with Crippen molar-refractivity contribution in [2.24, 2.45) is 0 Å². The standard InChI is InChI=1S/C16H15NOS/c1-11-5-2-3-7-14(11)18-9-12-10-19-15-8-4-6-13(17)16(12)15/h2-8,10H,9,17H2,1H3. The van der Waals surface area contributed by atoms with E-state index in [1.807, 2.05) is 30.3 Å². The molecule has 0 fully saturated rings. The number of hydrogen-bond acceptors (Lipinski definition) is 3. The molecule has 0 amide bonds. The Morgan fingerprint density at radius 2 is 1.95 bits per heavy atom. The Morgan fingerprint density at radius 1 is 1.11 bits per heavy atom. The maximum absolute atomic E-state index is 6.05.